The molecule has 10 heteroatoms. The third-order valence-corrected chi connectivity index (χ3v) is 2.90. The van der Waals surface area contributed by atoms with Crippen molar-refractivity contribution in [1.29, 1.82) is 0 Å². The Labute approximate surface area is 108 Å². The van der Waals surface area contributed by atoms with Crippen LogP contribution in [0.3, 0.4) is 0 Å². The predicted octanol–water partition coefficient (Wildman–Crippen LogP) is -1.44. The minimum absolute atomic E-state index is 0.203. The molecule has 0 saturated heterocycles. The van der Waals surface area contributed by atoms with Crippen LogP contribution in [0.25, 0.3) is 0 Å². The van der Waals surface area contributed by atoms with E-state index in [4.69, 9.17) is 0 Å². The molecule has 1 atom stereocenters. The molecule has 0 aromatic carbocycles. The zero-order valence-electron chi connectivity index (χ0n) is 10.7. The van der Waals surface area contributed by atoms with Gasteiger partial charge < -0.3 is 0 Å². The van der Waals surface area contributed by atoms with Gasteiger partial charge >= 0.3 is 11.4 Å². The van der Waals surface area contributed by atoms with Gasteiger partial charge in [-0.05, 0) is 6.92 Å². The van der Waals surface area contributed by atoms with Crippen molar-refractivity contribution >= 4 is 10.1 Å². The predicted molar refractivity (Wildman–Crippen MR) is 64.2 cm³/mol. The van der Waals surface area contributed by atoms with E-state index >= 15 is 0 Å². The molecule has 0 fully saturated rings. The quantitative estimate of drug-likeness (QED) is 0.617. The Hall–Kier alpha value is -1.55. The lowest BCUT2D eigenvalue weighted by Gasteiger charge is -2.11. The van der Waals surface area contributed by atoms with Crippen LogP contribution in [0.4, 0.5) is 4.39 Å². The molecule has 0 aliphatic carbocycles. The molecule has 0 saturated carbocycles. The summed E-state index contributed by atoms with van der Waals surface area (Å²) < 4.78 is 40.8. The van der Waals surface area contributed by atoms with Gasteiger partial charge in [0, 0.05) is 7.05 Å². The highest BCUT2D eigenvalue weighted by Gasteiger charge is 2.16. The van der Waals surface area contributed by atoms with Gasteiger partial charge in [0.2, 0.25) is 0 Å². The zero-order valence-corrected chi connectivity index (χ0v) is 11.5. The molecule has 1 aromatic rings. The van der Waals surface area contributed by atoms with Crippen LogP contribution < -0.4 is 11.4 Å². The first-order valence-electron chi connectivity index (χ1n) is 5.24. The molecule has 8 nitrogen and oxygen atoms in total. The highest BCUT2D eigenvalue weighted by molar-refractivity contribution is 7.85. The van der Waals surface area contributed by atoms with Gasteiger partial charge in [0.05, 0.1) is 19.4 Å². The molecule has 0 bridgehead atoms. The normalized spacial score (nSPS) is 13.5. The summed E-state index contributed by atoms with van der Waals surface area (Å²) in [7, 11) is -2.38. The number of alkyl halides is 1. The number of aromatic nitrogens is 3. The Morgan fingerprint density at radius 3 is 2.53 bits per heavy atom. The van der Waals surface area contributed by atoms with E-state index in [1.165, 1.54) is 14.0 Å². The first-order chi connectivity index (χ1) is 8.61. The van der Waals surface area contributed by atoms with Crippen LogP contribution in [0.15, 0.2) is 9.59 Å². The number of nitrogens with zero attached hydrogens (tertiary/aromatic N) is 3. The Kier molecular flexibility index (Phi) is 4.58. The first-order valence-corrected chi connectivity index (χ1v) is 7.06. The van der Waals surface area contributed by atoms with Crippen molar-refractivity contribution in [1.82, 2.24) is 14.1 Å². The Morgan fingerprint density at radius 2 is 2.00 bits per heavy atom. The Morgan fingerprint density at radius 1 is 1.42 bits per heavy atom. The van der Waals surface area contributed by atoms with Crippen molar-refractivity contribution in [3.05, 3.63) is 26.8 Å². The maximum absolute atomic E-state index is 13.5. The minimum Gasteiger partial charge on any atom is -0.285 e. The van der Waals surface area contributed by atoms with E-state index in [0.717, 1.165) is 10.8 Å². The fraction of sp³-hybridized carbons (Fsp3) is 0.667. The van der Waals surface area contributed by atoms with Crippen LogP contribution in [-0.2, 0) is 27.9 Å². The SMILES string of the molecule is Cc1nc(=O)n(C[C@H](F)COS(C)(=O)=O)c(=O)n1C. The minimum atomic E-state index is -3.77. The second-order valence-corrected chi connectivity index (χ2v) is 5.62. The summed E-state index contributed by atoms with van der Waals surface area (Å²) in [5.41, 5.74) is -1.61. The maximum Gasteiger partial charge on any atom is 0.353 e. The van der Waals surface area contributed by atoms with Crippen molar-refractivity contribution in [2.24, 2.45) is 7.05 Å². The average molecular weight is 295 g/mol. The van der Waals surface area contributed by atoms with E-state index in [1.807, 2.05) is 0 Å². The Balaban J connectivity index is 2.92. The van der Waals surface area contributed by atoms with Crippen LogP contribution in [-0.4, -0.2) is 41.6 Å². The number of halogens is 1. The summed E-state index contributed by atoms with van der Waals surface area (Å²) in [6.45, 7) is 0.0868. The van der Waals surface area contributed by atoms with Crippen molar-refractivity contribution in [2.75, 3.05) is 12.9 Å². The van der Waals surface area contributed by atoms with Gasteiger partial charge in [-0.1, -0.05) is 0 Å². The zero-order chi connectivity index (χ0) is 14.8. The monoisotopic (exact) mass is 295 g/mol. The van der Waals surface area contributed by atoms with Gasteiger partial charge in [0.15, 0.2) is 0 Å². The number of hydrogen-bond acceptors (Lipinski definition) is 6. The maximum atomic E-state index is 13.5. The standard InChI is InChI=1S/C9H14FN3O5S/c1-6-11-8(14)13(9(15)12(6)2)4-7(10)5-18-19(3,16)17/h7H,4-5H2,1-3H3/t7-/m0/s1. The van der Waals surface area contributed by atoms with E-state index in [-0.39, 0.29) is 5.82 Å². The van der Waals surface area contributed by atoms with Gasteiger partial charge in [-0.2, -0.15) is 13.4 Å². The molecule has 108 valence electrons. The van der Waals surface area contributed by atoms with Crippen LogP contribution in [0, 0.1) is 6.92 Å². The smallest absolute Gasteiger partial charge is 0.285 e. The van der Waals surface area contributed by atoms with Gasteiger partial charge in [0.1, 0.15) is 12.0 Å². The van der Waals surface area contributed by atoms with Gasteiger partial charge in [-0.3, -0.25) is 8.75 Å². The van der Waals surface area contributed by atoms with Crippen molar-refractivity contribution in [3.8, 4) is 0 Å². The van der Waals surface area contributed by atoms with E-state index in [9.17, 15) is 22.4 Å². The van der Waals surface area contributed by atoms with E-state index < -0.39 is 40.8 Å². The van der Waals surface area contributed by atoms with Gasteiger partial charge in [-0.15, -0.1) is 0 Å². The fourth-order valence-corrected chi connectivity index (χ4v) is 1.67. The largest absolute Gasteiger partial charge is 0.353 e. The number of rotatable bonds is 5. The molecule has 0 radical (unpaired) electrons. The van der Waals surface area contributed by atoms with E-state index in [2.05, 4.69) is 9.17 Å². The summed E-state index contributed by atoms with van der Waals surface area (Å²) in [4.78, 5) is 26.7. The van der Waals surface area contributed by atoms with Crippen LogP contribution in [0.2, 0.25) is 0 Å². The lowest BCUT2D eigenvalue weighted by molar-refractivity contribution is 0.180. The molecule has 1 aromatic heterocycles. The molecule has 0 aliphatic heterocycles. The summed E-state index contributed by atoms with van der Waals surface area (Å²) in [6, 6.07) is 0. The summed E-state index contributed by atoms with van der Waals surface area (Å²) in [6.07, 6.45) is -1.04. The number of aryl methyl sites for hydroxylation is 1. The molecule has 0 N–H and O–H groups in total. The van der Waals surface area contributed by atoms with Gasteiger partial charge in [-0.25, -0.2) is 18.5 Å². The third kappa shape index (κ3) is 4.24. The van der Waals surface area contributed by atoms with Gasteiger partial charge in [0.25, 0.3) is 10.1 Å². The third-order valence-electron chi connectivity index (χ3n) is 2.34. The van der Waals surface area contributed by atoms with Crippen molar-refractivity contribution in [3.63, 3.8) is 0 Å². The molecule has 0 amide bonds. The summed E-state index contributed by atoms with van der Waals surface area (Å²) >= 11 is 0. The molecule has 0 unspecified atom stereocenters. The number of hydrogen-bond donors (Lipinski definition) is 0. The van der Waals surface area contributed by atoms with Crippen LogP contribution >= 0.6 is 0 Å². The molecule has 0 aliphatic rings. The molecule has 1 heterocycles. The molecule has 0 spiro atoms. The topological polar surface area (TPSA) is 100 Å². The molecular formula is C9H14FN3O5S. The highest BCUT2D eigenvalue weighted by atomic mass is 32.2. The average Bonchev–Trinajstić information content (AvgIpc) is 2.28. The molecule has 1 rings (SSSR count). The lowest BCUT2D eigenvalue weighted by Crippen LogP contribution is -2.44. The van der Waals surface area contributed by atoms with E-state index in [1.54, 1.807) is 0 Å². The Bertz CT molecular complexity index is 678. The second kappa shape index (κ2) is 5.61. The first kappa shape index (κ1) is 15.5. The summed E-state index contributed by atoms with van der Waals surface area (Å²) in [5.74, 6) is 0.203. The van der Waals surface area contributed by atoms with E-state index in [0.29, 0.717) is 4.57 Å². The van der Waals surface area contributed by atoms with Crippen molar-refractivity contribution < 1.29 is 17.0 Å². The van der Waals surface area contributed by atoms with Crippen molar-refractivity contribution in [2.45, 2.75) is 19.6 Å². The fourth-order valence-electron chi connectivity index (χ4n) is 1.28. The highest BCUT2D eigenvalue weighted by Crippen LogP contribution is 1.97. The lowest BCUT2D eigenvalue weighted by atomic mass is 10.4. The van der Waals surface area contributed by atoms with Crippen LogP contribution in [0.5, 0.6) is 0 Å². The second-order valence-electron chi connectivity index (χ2n) is 3.98. The summed E-state index contributed by atoms with van der Waals surface area (Å²) in [5, 5.41) is 0. The molecule has 19 heavy (non-hydrogen) atoms. The molecular weight excluding hydrogens is 281 g/mol. The van der Waals surface area contributed by atoms with Crippen LogP contribution in [0.1, 0.15) is 5.82 Å².